The van der Waals surface area contributed by atoms with Gasteiger partial charge in [-0.05, 0) is 0 Å². The zero-order chi connectivity index (χ0) is 12.9. The third-order valence-corrected chi connectivity index (χ3v) is 2.39. The maximum absolute atomic E-state index is 11.8. The summed E-state index contributed by atoms with van der Waals surface area (Å²) in [6, 6.07) is -0.333. The molecule has 1 heterocycles. The number of aliphatic hydroxyl groups excluding tert-OH is 1. The second-order valence-corrected chi connectivity index (χ2v) is 3.77. The van der Waals surface area contributed by atoms with Gasteiger partial charge < -0.3 is 15.2 Å². The summed E-state index contributed by atoms with van der Waals surface area (Å²) in [6.45, 7) is -0.575. The van der Waals surface area contributed by atoms with Crippen molar-refractivity contribution in [3.8, 4) is 0 Å². The van der Waals surface area contributed by atoms with Gasteiger partial charge in [0, 0.05) is 6.54 Å². The van der Waals surface area contributed by atoms with E-state index in [1.807, 2.05) is 0 Å². The molecule has 17 heavy (non-hydrogen) atoms. The average molecular weight is 256 g/mol. The van der Waals surface area contributed by atoms with Crippen molar-refractivity contribution in [3.63, 3.8) is 0 Å². The van der Waals surface area contributed by atoms with Crippen molar-refractivity contribution in [2.45, 2.75) is 12.2 Å². The minimum absolute atomic E-state index is 0.162. The molecule has 1 saturated heterocycles. The Morgan fingerprint density at radius 1 is 1.53 bits per heavy atom. The number of carbonyl (C=O) groups is 1. The van der Waals surface area contributed by atoms with Crippen LogP contribution in [0.25, 0.3) is 0 Å². The number of nitrogens with zero attached hydrogens (tertiary/aromatic N) is 1. The molecule has 100 valence electrons. The lowest BCUT2D eigenvalue weighted by Crippen LogP contribution is -2.51. The lowest BCUT2D eigenvalue weighted by molar-refractivity contribution is -0.140. The Hall–Kier alpha value is -0.860. The van der Waals surface area contributed by atoms with Crippen LogP contribution in [0.3, 0.4) is 0 Å². The lowest BCUT2D eigenvalue weighted by Gasteiger charge is -2.33. The van der Waals surface area contributed by atoms with Gasteiger partial charge in [-0.1, -0.05) is 0 Å². The fourth-order valence-electron chi connectivity index (χ4n) is 1.50. The highest BCUT2D eigenvalue weighted by Crippen LogP contribution is 2.12. The Labute approximate surface area is 96.5 Å². The number of aliphatic hydroxyl groups is 1. The summed E-state index contributed by atoms with van der Waals surface area (Å²) >= 11 is 0. The molecule has 0 aromatic heterocycles. The molecule has 1 rings (SSSR count). The van der Waals surface area contributed by atoms with Gasteiger partial charge in [0.1, 0.15) is 6.54 Å². The van der Waals surface area contributed by atoms with Crippen molar-refractivity contribution in [2.75, 3.05) is 39.5 Å². The van der Waals surface area contributed by atoms with Crippen molar-refractivity contribution in [1.29, 1.82) is 0 Å². The molecule has 5 nitrogen and oxygen atoms in total. The van der Waals surface area contributed by atoms with E-state index in [2.05, 4.69) is 0 Å². The number of ether oxygens (including phenoxy) is 1. The summed E-state index contributed by atoms with van der Waals surface area (Å²) in [7, 11) is 0. The Morgan fingerprint density at radius 2 is 2.24 bits per heavy atom. The Bertz CT molecular complexity index is 260. The first-order valence-electron chi connectivity index (χ1n) is 5.18. The van der Waals surface area contributed by atoms with Crippen LogP contribution in [0.2, 0.25) is 0 Å². The second-order valence-electron chi connectivity index (χ2n) is 3.77. The highest BCUT2D eigenvalue weighted by molar-refractivity contribution is 5.78. The second kappa shape index (κ2) is 6.18. The first-order chi connectivity index (χ1) is 7.92. The van der Waals surface area contributed by atoms with Crippen LogP contribution in [0, 0.1) is 0 Å². The third kappa shape index (κ3) is 5.33. The fraction of sp³-hybridized carbons (Fsp3) is 0.889. The number of halogens is 3. The van der Waals surface area contributed by atoms with Crippen LogP contribution in [0.1, 0.15) is 0 Å². The average Bonchev–Trinajstić information content (AvgIpc) is 2.26. The van der Waals surface area contributed by atoms with Gasteiger partial charge in [0.05, 0.1) is 32.4 Å². The largest absolute Gasteiger partial charge is 0.405 e. The van der Waals surface area contributed by atoms with Crippen molar-refractivity contribution in [1.82, 2.24) is 10.2 Å². The number of hydrogen-bond donors (Lipinski definition) is 2. The molecular weight excluding hydrogens is 241 g/mol. The van der Waals surface area contributed by atoms with Gasteiger partial charge in [-0.2, -0.15) is 13.2 Å². The number of hydrogen-bond acceptors (Lipinski definition) is 4. The third-order valence-electron chi connectivity index (χ3n) is 2.39. The summed E-state index contributed by atoms with van der Waals surface area (Å²) in [4.78, 5) is 12.9. The molecule has 0 aromatic carbocycles. The van der Waals surface area contributed by atoms with Crippen LogP contribution in [0.15, 0.2) is 0 Å². The normalized spacial score (nSPS) is 22.5. The minimum atomic E-state index is -4.41. The molecule has 1 unspecified atom stereocenters. The van der Waals surface area contributed by atoms with Gasteiger partial charge in [-0.15, -0.1) is 0 Å². The van der Waals surface area contributed by atoms with E-state index in [4.69, 9.17) is 9.84 Å². The maximum Gasteiger partial charge on any atom is 0.405 e. The molecule has 1 atom stereocenters. The molecule has 1 fully saturated rings. The van der Waals surface area contributed by atoms with Crippen molar-refractivity contribution in [2.24, 2.45) is 0 Å². The van der Waals surface area contributed by atoms with Crippen LogP contribution in [-0.2, 0) is 9.53 Å². The minimum Gasteiger partial charge on any atom is -0.395 e. The molecule has 1 aliphatic heterocycles. The lowest BCUT2D eigenvalue weighted by atomic mass is 10.2. The maximum atomic E-state index is 11.8. The molecule has 0 radical (unpaired) electrons. The Morgan fingerprint density at radius 3 is 2.82 bits per heavy atom. The predicted molar refractivity (Wildman–Crippen MR) is 52.3 cm³/mol. The van der Waals surface area contributed by atoms with Crippen molar-refractivity contribution < 1.29 is 27.8 Å². The molecule has 2 N–H and O–H groups in total. The van der Waals surface area contributed by atoms with Crippen molar-refractivity contribution in [3.05, 3.63) is 0 Å². The molecule has 0 saturated carbocycles. The summed E-state index contributed by atoms with van der Waals surface area (Å²) in [5, 5.41) is 10.8. The van der Waals surface area contributed by atoms with E-state index in [0.717, 1.165) is 0 Å². The van der Waals surface area contributed by atoms with Crippen LogP contribution in [0.5, 0.6) is 0 Å². The van der Waals surface area contributed by atoms with E-state index in [9.17, 15) is 18.0 Å². The molecule has 0 aliphatic carbocycles. The van der Waals surface area contributed by atoms with Gasteiger partial charge in [-0.25, -0.2) is 0 Å². The van der Waals surface area contributed by atoms with E-state index in [1.165, 1.54) is 0 Å². The fourth-order valence-corrected chi connectivity index (χ4v) is 1.50. The highest BCUT2D eigenvalue weighted by Gasteiger charge is 2.29. The summed E-state index contributed by atoms with van der Waals surface area (Å²) < 4.78 is 40.6. The zero-order valence-electron chi connectivity index (χ0n) is 9.16. The summed E-state index contributed by atoms with van der Waals surface area (Å²) in [6.07, 6.45) is -4.41. The Kier molecular flexibility index (Phi) is 5.16. The summed E-state index contributed by atoms with van der Waals surface area (Å²) in [5.74, 6) is -0.706. The standard InChI is InChI=1S/C9H15F3N2O3/c10-9(11,12)6-13-8(16)3-14-1-2-17-5-7(14)4-15/h7,15H,1-6H2,(H,13,16). The van der Waals surface area contributed by atoms with Crippen LogP contribution < -0.4 is 5.32 Å². The number of alkyl halides is 3. The van der Waals surface area contributed by atoms with Gasteiger partial charge >= 0.3 is 6.18 Å². The smallest absolute Gasteiger partial charge is 0.395 e. The first kappa shape index (κ1) is 14.2. The van der Waals surface area contributed by atoms with Gasteiger partial charge in [0.25, 0.3) is 0 Å². The monoisotopic (exact) mass is 256 g/mol. The zero-order valence-corrected chi connectivity index (χ0v) is 9.16. The summed E-state index contributed by atoms with van der Waals surface area (Å²) in [5.41, 5.74) is 0. The van der Waals surface area contributed by atoms with Gasteiger partial charge in [0.2, 0.25) is 5.91 Å². The first-order valence-corrected chi connectivity index (χ1v) is 5.18. The topological polar surface area (TPSA) is 61.8 Å². The van der Waals surface area contributed by atoms with E-state index in [-0.39, 0.29) is 25.8 Å². The van der Waals surface area contributed by atoms with Crippen LogP contribution >= 0.6 is 0 Å². The van der Waals surface area contributed by atoms with E-state index in [1.54, 1.807) is 10.2 Å². The SMILES string of the molecule is O=C(CN1CCOCC1CO)NCC(F)(F)F. The van der Waals surface area contributed by atoms with E-state index < -0.39 is 18.6 Å². The number of nitrogens with one attached hydrogen (secondary N) is 1. The number of rotatable bonds is 4. The molecule has 8 heteroatoms. The van der Waals surface area contributed by atoms with Crippen LogP contribution in [0.4, 0.5) is 13.2 Å². The number of carbonyl (C=O) groups excluding carboxylic acids is 1. The highest BCUT2D eigenvalue weighted by atomic mass is 19.4. The van der Waals surface area contributed by atoms with Crippen molar-refractivity contribution >= 4 is 5.91 Å². The van der Waals surface area contributed by atoms with E-state index in [0.29, 0.717) is 13.2 Å². The molecule has 0 bridgehead atoms. The molecular formula is C9H15F3N2O3. The van der Waals surface area contributed by atoms with E-state index >= 15 is 0 Å². The number of morpholine rings is 1. The number of amides is 1. The molecule has 0 aromatic rings. The molecule has 0 spiro atoms. The molecule has 1 aliphatic rings. The molecule has 1 amide bonds. The predicted octanol–water partition coefficient (Wildman–Crippen LogP) is -0.642. The van der Waals surface area contributed by atoms with Gasteiger partial charge in [-0.3, -0.25) is 9.69 Å². The quantitative estimate of drug-likeness (QED) is 0.702. The van der Waals surface area contributed by atoms with Gasteiger partial charge in [0.15, 0.2) is 0 Å². The Balaban J connectivity index is 2.33. The van der Waals surface area contributed by atoms with Crippen LogP contribution in [-0.4, -0.2) is 67.6 Å².